The van der Waals surface area contributed by atoms with Crippen molar-refractivity contribution in [2.24, 2.45) is 5.92 Å². The van der Waals surface area contributed by atoms with Crippen LogP contribution in [0.15, 0.2) is 23.3 Å². The van der Waals surface area contributed by atoms with Crippen LogP contribution < -0.4 is 16.6 Å². The number of hydrogen-bond donors (Lipinski definition) is 3. The van der Waals surface area contributed by atoms with E-state index in [2.05, 4.69) is 22.2 Å². The number of nitrogens with one attached hydrogen (secondary N) is 2. The van der Waals surface area contributed by atoms with Crippen molar-refractivity contribution in [1.29, 1.82) is 0 Å². The number of fused-ring (bicyclic) bond motifs is 1. The molecular weight excluding hydrogens is 240 g/mol. The number of rotatable bonds is 2. The maximum atomic E-state index is 11.7. The molecule has 100 valence electrons. The first-order valence-corrected chi connectivity index (χ1v) is 6.68. The lowest BCUT2D eigenvalue weighted by atomic mass is 10.1. The van der Waals surface area contributed by atoms with Gasteiger partial charge in [-0.1, -0.05) is 13.3 Å². The maximum Gasteiger partial charge on any atom is 0.258 e. The van der Waals surface area contributed by atoms with E-state index in [-0.39, 0.29) is 5.56 Å². The number of nitrogen functional groups attached to an aromatic ring is 1. The second-order valence-corrected chi connectivity index (χ2v) is 5.35. The van der Waals surface area contributed by atoms with Gasteiger partial charge in [-0.15, -0.1) is 0 Å². The molecule has 0 amide bonds. The molecule has 19 heavy (non-hydrogen) atoms. The van der Waals surface area contributed by atoms with E-state index < -0.39 is 0 Å². The van der Waals surface area contributed by atoms with Crippen molar-refractivity contribution in [2.45, 2.75) is 32.2 Å². The molecule has 1 aliphatic rings. The number of hydrogen-bond acceptors (Lipinski definition) is 4. The quantitative estimate of drug-likeness (QED) is 0.720. The van der Waals surface area contributed by atoms with Crippen LogP contribution in [0.25, 0.3) is 10.9 Å². The standard InChI is InChI=1S/C14H18N4O/c1-8-3-2-4-11(8)18-13-6-12-9(5-10(13)15)14(19)17-7-16-12/h5-8,11,18H,2-4,15H2,1H3,(H,16,17,19). The van der Waals surface area contributed by atoms with Gasteiger partial charge in [-0.05, 0) is 30.9 Å². The van der Waals surface area contributed by atoms with Crippen LogP contribution in [0.1, 0.15) is 26.2 Å². The maximum absolute atomic E-state index is 11.7. The van der Waals surface area contributed by atoms with E-state index in [1.807, 2.05) is 6.07 Å². The summed E-state index contributed by atoms with van der Waals surface area (Å²) in [4.78, 5) is 18.4. The molecule has 3 rings (SSSR count). The smallest absolute Gasteiger partial charge is 0.258 e. The number of aromatic amines is 1. The Bertz CT molecular complexity index is 664. The molecule has 0 saturated heterocycles. The van der Waals surface area contributed by atoms with Crippen LogP contribution in [0.5, 0.6) is 0 Å². The lowest BCUT2D eigenvalue weighted by Crippen LogP contribution is -2.22. The molecule has 1 fully saturated rings. The van der Waals surface area contributed by atoms with E-state index >= 15 is 0 Å². The summed E-state index contributed by atoms with van der Waals surface area (Å²) in [6.07, 6.45) is 5.09. The Balaban J connectivity index is 2.00. The first-order valence-electron chi connectivity index (χ1n) is 6.68. The molecule has 0 bridgehead atoms. The number of nitrogens with zero attached hydrogens (tertiary/aromatic N) is 1. The summed E-state index contributed by atoms with van der Waals surface area (Å²) in [6, 6.07) is 4.02. The minimum absolute atomic E-state index is 0.155. The van der Waals surface area contributed by atoms with Crippen molar-refractivity contribution in [3.05, 3.63) is 28.8 Å². The van der Waals surface area contributed by atoms with Gasteiger partial charge in [-0.25, -0.2) is 4.98 Å². The van der Waals surface area contributed by atoms with Gasteiger partial charge in [-0.2, -0.15) is 0 Å². The van der Waals surface area contributed by atoms with Gasteiger partial charge in [0.25, 0.3) is 5.56 Å². The van der Waals surface area contributed by atoms with Crippen LogP contribution in [0.4, 0.5) is 11.4 Å². The molecular formula is C14H18N4O. The summed E-state index contributed by atoms with van der Waals surface area (Å²) >= 11 is 0. The third-order valence-corrected chi connectivity index (χ3v) is 4.01. The van der Waals surface area contributed by atoms with Gasteiger partial charge < -0.3 is 16.0 Å². The van der Waals surface area contributed by atoms with E-state index in [1.165, 1.54) is 25.6 Å². The average molecular weight is 258 g/mol. The largest absolute Gasteiger partial charge is 0.397 e. The Hall–Kier alpha value is -2.04. The monoisotopic (exact) mass is 258 g/mol. The molecule has 5 heteroatoms. The predicted molar refractivity (Wildman–Crippen MR) is 77.2 cm³/mol. The van der Waals surface area contributed by atoms with Gasteiger partial charge in [0.15, 0.2) is 0 Å². The third-order valence-electron chi connectivity index (χ3n) is 4.01. The lowest BCUT2D eigenvalue weighted by Gasteiger charge is -2.20. The molecule has 1 aromatic heterocycles. The topological polar surface area (TPSA) is 83.8 Å². The van der Waals surface area contributed by atoms with Gasteiger partial charge in [0.05, 0.1) is 28.6 Å². The fraction of sp³-hybridized carbons (Fsp3) is 0.429. The lowest BCUT2D eigenvalue weighted by molar-refractivity contribution is 0.556. The van der Waals surface area contributed by atoms with Crippen LogP contribution in [0.2, 0.25) is 0 Å². The number of benzene rings is 1. The van der Waals surface area contributed by atoms with E-state index in [1.54, 1.807) is 6.07 Å². The minimum Gasteiger partial charge on any atom is -0.397 e. The van der Waals surface area contributed by atoms with Gasteiger partial charge >= 0.3 is 0 Å². The van der Waals surface area contributed by atoms with Gasteiger partial charge in [0, 0.05) is 6.04 Å². The first-order chi connectivity index (χ1) is 9.15. The Morgan fingerprint density at radius 3 is 3.00 bits per heavy atom. The third kappa shape index (κ3) is 2.16. The molecule has 1 heterocycles. The number of aromatic nitrogens is 2. The zero-order valence-corrected chi connectivity index (χ0v) is 10.9. The highest BCUT2D eigenvalue weighted by molar-refractivity contribution is 5.88. The average Bonchev–Trinajstić information content (AvgIpc) is 2.77. The second-order valence-electron chi connectivity index (χ2n) is 5.35. The SMILES string of the molecule is CC1CCCC1Nc1cc2nc[nH]c(=O)c2cc1N. The predicted octanol–water partition coefficient (Wildman–Crippen LogP) is 2.11. The van der Waals surface area contributed by atoms with Crippen molar-refractivity contribution in [3.63, 3.8) is 0 Å². The van der Waals surface area contributed by atoms with Gasteiger partial charge in [0.1, 0.15) is 0 Å². The summed E-state index contributed by atoms with van der Waals surface area (Å²) in [7, 11) is 0. The molecule has 1 aliphatic carbocycles. The molecule has 0 aliphatic heterocycles. The number of H-pyrrole nitrogens is 1. The summed E-state index contributed by atoms with van der Waals surface area (Å²) in [5, 5.41) is 4.03. The highest BCUT2D eigenvalue weighted by Crippen LogP contribution is 2.31. The zero-order valence-electron chi connectivity index (χ0n) is 10.9. The van der Waals surface area contributed by atoms with E-state index in [9.17, 15) is 4.79 Å². The van der Waals surface area contributed by atoms with Crippen LogP contribution in [-0.4, -0.2) is 16.0 Å². The minimum atomic E-state index is -0.155. The second kappa shape index (κ2) is 4.57. The Labute approximate surface area is 111 Å². The fourth-order valence-electron chi connectivity index (χ4n) is 2.82. The summed E-state index contributed by atoms with van der Waals surface area (Å²) in [5.74, 6) is 0.655. The Kier molecular flexibility index (Phi) is 2.89. The van der Waals surface area contributed by atoms with Crippen LogP contribution in [-0.2, 0) is 0 Å². The van der Waals surface area contributed by atoms with Gasteiger partial charge in [0.2, 0.25) is 0 Å². The molecule has 0 spiro atoms. The van der Waals surface area contributed by atoms with Crippen molar-refractivity contribution < 1.29 is 0 Å². The zero-order chi connectivity index (χ0) is 13.4. The van der Waals surface area contributed by atoms with E-state index in [0.29, 0.717) is 28.6 Å². The fourth-order valence-corrected chi connectivity index (χ4v) is 2.82. The van der Waals surface area contributed by atoms with Crippen LogP contribution >= 0.6 is 0 Å². The summed E-state index contributed by atoms with van der Waals surface area (Å²) in [5.41, 5.74) is 8.03. The van der Waals surface area contributed by atoms with E-state index in [0.717, 1.165) is 5.69 Å². The molecule has 4 N–H and O–H groups in total. The molecule has 2 atom stereocenters. The molecule has 5 nitrogen and oxygen atoms in total. The molecule has 2 aromatic rings. The highest BCUT2D eigenvalue weighted by Gasteiger charge is 2.23. The van der Waals surface area contributed by atoms with Crippen molar-refractivity contribution in [2.75, 3.05) is 11.1 Å². The summed E-state index contributed by atoms with van der Waals surface area (Å²) < 4.78 is 0. The van der Waals surface area contributed by atoms with Crippen LogP contribution in [0.3, 0.4) is 0 Å². The van der Waals surface area contributed by atoms with E-state index in [4.69, 9.17) is 5.73 Å². The number of nitrogens with two attached hydrogens (primary N) is 1. The van der Waals surface area contributed by atoms with Crippen molar-refractivity contribution in [3.8, 4) is 0 Å². The Morgan fingerprint density at radius 1 is 1.42 bits per heavy atom. The normalized spacial score (nSPS) is 22.8. The molecule has 1 aromatic carbocycles. The molecule has 1 saturated carbocycles. The van der Waals surface area contributed by atoms with Crippen molar-refractivity contribution in [1.82, 2.24) is 9.97 Å². The molecule has 2 unspecified atom stereocenters. The van der Waals surface area contributed by atoms with Gasteiger partial charge in [-0.3, -0.25) is 4.79 Å². The first kappa shape index (κ1) is 12.0. The molecule has 0 radical (unpaired) electrons. The summed E-state index contributed by atoms with van der Waals surface area (Å²) in [6.45, 7) is 2.25. The van der Waals surface area contributed by atoms with Crippen LogP contribution in [0, 0.1) is 5.92 Å². The highest BCUT2D eigenvalue weighted by atomic mass is 16.1. The Morgan fingerprint density at radius 2 is 2.26 bits per heavy atom. The number of anilines is 2. The van der Waals surface area contributed by atoms with Crippen molar-refractivity contribution >= 4 is 22.3 Å².